The topological polar surface area (TPSA) is 103 Å². The Bertz CT molecular complexity index is 384. The molecule has 0 aromatic carbocycles. The van der Waals surface area contributed by atoms with Gasteiger partial charge < -0.3 is 15.6 Å². The van der Waals surface area contributed by atoms with Crippen LogP contribution in [-0.2, 0) is 11.2 Å². The molecule has 1 aromatic heterocycles. The minimum Gasteiger partial charge on any atom is -0.476 e. The van der Waals surface area contributed by atoms with Crippen molar-refractivity contribution in [3.8, 4) is 0 Å². The number of aromatic carboxylic acids is 1. The van der Waals surface area contributed by atoms with Gasteiger partial charge in [0, 0.05) is 13.0 Å². The molecule has 16 heavy (non-hydrogen) atoms. The van der Waals surface area contributed by atoms with Gasteiger partial charge >= 0.3 is 5.97 Å². The number of nitrogens with zero attached hydrogens (tertiary/aromatic N) is 3. The van der Waals surface area contributed by atoms with Crippen molar-refractivity contribution in [3.63, 3.8) is 0 Å². The zero-order valence-electron chi connectivity index (χ0n) is 8.80. The van der Waals surface area contributed by atoms with Crippen molar-refractivity contribution in [3.05, 3.63) is 11.4 Å². The van der Waals surface area contributed by atoms with Gasteiger partial charge in [0.05, 0.1) is 18.3 Å². The van der Waals surface area contributed by atoms with Crippen molar-refractivity contribution in [2.75, 3.05) is 19.8 Å². The molecule has 0 aliphatic carbocycles. The summed E-state index contributed by atoms with van der Waals surface area (Å²) < 4.78 is 6.89. The summed E-state index contributed by atoms with van der Waals surface area (Å²) >= 11 is 0. The van der Waals surface area contributed by atoms with Crippen LogP contribution in [0.2, 0.25) is 0 Å². The molecule has 2 heterocycles. The Morgan fingerprint density at radius 1 is 1.69 bits per heavy atom. The van der Waals surface area contributed by atoms with E-state index in [1.54, 1.807) is 4.68 Å². The predicted molar refractivity (Wildman–Crippen MR) is 54.2 cm³/mol. The Morgan fingerprint density at radius 3 is 3.06 bits per heavy atom. The maximum absolute atomic E-state index is 10.9. The minimum atomic E-state index is -1.06. The van der Waals surface area contributed by atoms with Crippen LogP contribution in [0.5, 0.6) is 0 Å². The van der Waals surface area contributed by atoms with E-state index in [0.29, 0.717) is 31.9 Å². The third-order valence-electron chi connectivity index (χ3n) is 2.63. The highest BCUT2D eigenvalue weighted by Gasteiger charge is 2.25. The smallest absolute Gasteiger partial charge is 0.358 e. The van der Waals surface area contributed by atoms with Gasteiger partial charge in [-0.25, -0.2) is 9.48 Å². The first-order valence-electron chi connectivity index (χ1n) is 5.19. The highest BCUT2D eigenvalue weighted by molar-refractivity contribution is 5.86. The molecule has 3 N–H and O–H groups in total. The molecule has 0 saturated carbocycles. The molecule has 1 atom stereocenters. The maximum Gasteiger partial charge on any atom is 0.358 e. The Labute approximate surface area is 92.2 Å². The molecule has 1 unspecified atom stereocenters. The van der Waals surface area contributed by atoms with E-state index in [0.717, 1.165) is 6.42 Å². The molecule has 1 fully saturated rings. The number of nitrogens with two attached hydrogens (primary N) is 1. The van der Waals surface area contributed by atoms with Crippen molar-refractivity contribution in [1.82, 2.24) is 15.0 Å². The first-order valence-corrected chi connectivity index (χ1v) is 5.19. The molecule has 7 nitrogen and oxygen atoms in total. The first-order chi connectivity index (χ1) is 7.74. The normalized spacial score (nSPS) is 20.2. The molecule has 0 spiro atoms. The number of ether oxygens (including phenoxy) is 1. The lowest BCUT2D eigenvalue weighted by Gasteiger charge is -2.11. The Hall–Kier alpha value is -1.47. The Morgan fingerprint density at radius 2 is 2.50 bits per heavy atom. The summed E-state index contributed by atoms with van der Waals surface area (Å²) in [6.07, 6.45) is 1.30. The van der Waals surface area contributed by atoms with E-state index >= 15 is 0 Å². The molecule has 0 amide bonds. The molecule has 88 valence electrons. The summed E-state index contributed by atoms with van der Waals surface area (Å²) in [6.45, 7) is 1.61. The standard InChI is InChI=1S/C9H14N4O3/c10-3-1-7-8(9(14)15)11-12-13(7)6-2-4-16-5-6/h6H,1-5,10H2,(H,14,15). The van der Waals surface area contributed by atoms with Gasteiger partial charge in [0.2, 0.25) is 0 Å². The SMILES string of the molecule is NCCc1c(C(=O)O)nnn1C1CCOC1. The molecule has 0 radical (unpaired) electrons. The minimum absolute atomic E-state index is 0.00245. The van der Waals surface area contributed by atoms with Crippen molar-refractivity contribution in [1.29, 1.82) is 0 Å². The maximum atomic E-state index is 10.9. The zero-order chi connectivity index (χ0) is 11.5. The van der Waals surface area contributed by atoms with Gasteiger partial charge in [-0.2, -0.15) is 0 Å². The van der Waals surface area contributed by atoms with E-state index in [1.807, 2.05) is 0 Å². The van der Waals surface area contributed by atoms with Crippen LogP contribution in [0, 0.1) is 0 Å². The van der Waals surface area contributed by atoms with E-state index in [9.17, 15) is 4.79 Å². The van der Waals surface area contributed by atoms with Crippen LogP contribution in [-0.4, -0.2) is 45.8 Å². The second kappa shape index (κ2) is 4.58. The highest BCUT2D eigenvalue weighted by Crippen LogP contribution is 2.21. The monoisotopic (exact) mass is 226 g/mol. The van der Waals surface area contributed by atoms with E-state index in [1.165, 1.54) is 0 Å². The van der Waals surface area contributed by atoms with Crippen LogP contribution in [0.15, 0.2) is 0 Å². The third kappa shape index (κ3) is 1.91. The van der Waals surface area contributed by atoms with Crippen LogP contribution in [0.3, 0.4) is 0 Å². The average molecular weight is 226 g/mol. The van der Waals surface area contributed by atoms with Crippen LogP contribution in [0.4, 0.5) is 0 Å². The lowest BCUT2D eigenvalue weighted by atomic mass is 10.2. The predicted octanol–water partition coefficient (Wildman–Crippen LogP) is -0.561. The molecule has 1 aliphatic rings. The molecule has 0 bridgehead atoms. The summed E-state index contributed by atoms with van der Waals surface area (Å²) in [7, 11) is 0. The van der Waals surface area contributed by atoms with E-state index < -0.39 is 5.97 Å². The summed E-state index contributed by atoms with van der Waals surface area (Å²) in [5.74, 6) is -1.06. The Balaban J connectivity index is 2.32. The summed E-state index contributed by atoms with van der Waals surface area (Å²) in [5, 5.41) is 16.5. The van der Waals surface area contributed by atoms with Gasteiger partial charge in [0.25, 0.3) is 0 Å². The van der Waals surface area contributed by atoms with Crippen LogP contribution < -0.4 is 5.73 Å². The quantitative estimate of drug-likeness (QED) is 0.713. The number of rotatable bonds is 4. The fourth-order valence-electron chi connectivity index (χ4n) is 1.86. The summed E-state index contributed by atoms with van der Waals surface area (Å²) in [5.41, 5.74) is 6.05. The number of carboxylic acid groups (broad SMARTS) is 1. The highest BCUT2D eigenvalue weighted by atomic mass is 16.5. The fourth-order valence-corrected chi connectivity index (χ4v) is 1.86. The molecule has 1 aliphatic heterocycles. The molecular formula is C9H14N4O3. The van der Waals surface area contributed by atoms with Gasteiger partial charge in [-0.05, 0) is 13.0 Å². The first kappa shape index (κ1) is 11.0. The average Bonchev–Trinajstić information content (AvgIpc) is 2.84. The number of hydrogen-bond acceptors (Lipinski definition) is 5. The van der Waals surface area contributed by atoms with Gasteiger partial charge in [0.15, 0.2) is 5.69 Å². The Kier molecular flexibility index (Phi) is 3.16. The van der Waals surface area contributed by atoms with Gasteiger partial charge in [0.1, 0.15) is 0 Å². The molecular weight excluding hydrogens is 212 g/mol. The van der Waals surface area contributed by atoms with Crippen molar-refractivity contribution in [2.45, 2.75) is 18.9 Å². The number of carbonyl (C=O) groups is 1. The van der Waals surface area contributed by atoms with Gasteiger partial charge in [-0.1, -0.05) is 5.21 Å². The van der Waals surface area contributed by atoms with Crippen LogP contribution in [0.1, 0.15) is 28.6 Å². The lowest BCUT2D eigenvalue weighted by Crippen LogP contribution is -2.17. The number of aromatic nitrogens is 3. The van der Waals surface area contributed by atoms with Crippen LogP contribution in [0.25, 0.3) is 0 Å². The molecule has 2 rings (SSSR count). The second-order valence-electron chi connectivity index (χ2n) is 3.69. The molecule has 7 heteroatoms. The number of carboxylic acids is 1. The molecule has 1 saturated heterocycles. The second-order valence-corrected chi connectivity index (χ2v) is 3.69. The van der Waals surface area contributed by atoms with E-state index in [2.05, 4.69) is 10.3 Å². The van der Waals surface area contributed by atoms with Crippen molar-refractivity contribution < 1.29 is 14.6 Å². The number of hydrogen-bond donors (Lipinski definition) is 2. The lowest BCUT2D eigenvalue weighted by molar-refractivity contribution is 0.0689. The van der Waals surface area contributed by atoms with E-state index in [-0.39, 0.29) is 11.7 Å². The van der Waals surface area contributed by atoms with E-state index in [4.69, 9.17) is 15.6 Å². The third-order valence-corrected chi connectivity index (χ3v) is 2.63. The van der Waals surface area contributed by atoms with Crippen molar-refractivity contribution in [2.24, 2.45) is 5.73 Å². The largest absolute Gasteiger partial charge is 0.476 e. The summed E-state index contributed by atoms with van der Waals surface area (Å²) in [6, 6.07) is 0.0853. The molecule has 1 aromatic rings. The van der Waals surface area contributed by atoms with Gasteiger partial charge in [-0.15, -0.1) is 5.10 Å². The van der Waals surface area contributed by atoms with Crippen molar-refractivity contribution >= 4 is 5.97 Å². The van der Waals surface area contributed by atoms with Gasteiger partial charge in [-0.3, -0.25) is 0 Å². The van der Waals surface area contributed by atoms with Crippen LogP contribution >= 0.6 is 0 Å². The fraction of sp³-hybridized carbons (Fsp3) is 0.667. The zero-order valence-corrected chi connectivity index (χ0v) is 8.80. The summed E-state index contributed by atoms with van der Waals surface area (Å²) in [4.78, 5) is 10.9.